The first-order chi connectivity index (χ1) is 6.70. The van der Waals surface area contributed by atoms with Crippen LogP contribution in [0.3, 0.4) is 0 Å². The standard InChI is InChI=1S/C12H14NO/c1-9-5-4-6-11(10(9)2)12-7-14-8-13(12)3/h4-8H,1-3H3/q+1. The Labute approximate surface area is 83.8 Å². The molecule has 0 aliphatic heterocycles. The van der Waals surface area contributed by atoms with Crippen LogP contribution in [0.1, 0.15) is 11.1 Å². The third kappa shape index (κ3) is 1.33. The molecule has 2 nitrogen and oxygen atoms in total. The fourth-order valence-corrected chi connectivity index (χ4v) is 1.61. The number of aryl methyl sites for hydroxylation is 2. The average Bonchev–Trinajstić information content (AvgIpc) is 2.57. The van der Waals surface area contributed by atoms with Crippen LogP contribution < -0.4 is 4.57 Å². The van der Waals surface area contributed by atoms with Gasteiger partial charge in [0.15, 0.2) is 6.26 Å². The van der Waals surface area contributed by atoms with Crippen molar-refractivity contribution in [2.45, 2.75) is 13.8 Å². The molecule has 0 fully saturated rings. The van der Waals surface area contributed by atoms with E-state index >= 15 is 0 Å². The number of hydrogen-bond donors (Lipinski definition) is 0. The van der Waals surface area contributed by atoms with E-state index in [0.717, 1.165) is 5.69 Å². The van der Waals surface area contributed by atoms with Crippen molar-refractivity contribution in [3.8, 4) is 11.3 Å². The minimum Gasteiger partial charge on any atom is -0.412 e. The van der Waals surface area contributed by atoms with Crippen molar-refractivity contribution >= 4 is 0 Å². The summed E-state index contributed by atoms with van der Waals surface area (Å²) in [6, 6.07) is 6.32. The topological polar surface area (TPSA) is 17.0 Å². The minimum absolute atomic E-state index is 1.12. The Morgan fingerprint density at radius 2 is 2.00 bits per heavy atom. The molecule has 1 heterocycles. The summed E-state index contributed by atoms with van der Waals surface area (Å²) in [5.74, 6) is 0. The summed E-state index contributed by atoms with van der Waals surface area (Å²) in [7, 11) is 1.99. The summed E-state index contributed by atoms with van der Waals surface area (Å²) >= 11 is 0. The van der Waals surface area contributed by atoms with Gasteiger partial charge in [0, 0.05) is 0 Å². The number of oxazole rings is 1. The van der Waals surface area contributed by atoms with E-state index in [1.807, 2.05) is 11.6 Å². The van der Waals surface area contributed by atoms with Gasteiger partial charge in [-0.2, -0.15) is 4.57 Å². The third-order valence-corrected chi connectivity index (χ3v) is 2.66. The molecule has 0 saturated carbocycles. The lowest BCUT2D eigenvalue weighted by molar-refractivity contribution is -0.664. The summed E-state index contributed by atoms with van der Waals surface area (Å²) in [4.78, 5) is 0. The smallest absolute Gasteiger partial charge is 0.334 e. The molecule has 2 rings (SSSR count). The summed E-state index contributed by atoms with van der Waals surface area (Å²) in [5, 5.41) is 0. The molecule has 0 atom stereocenters. The maximum atomic E-state index is 5.16. The van der Waals surface area contributed by atoms with E-state index < -0.39 is 0 Å². The molecule has 1 aromatic carbocycles. The third-order valence-electron chi connectivity index (χ3n) is 2.66. The SMILES string of the molecule is Cc1cccc(-c2coc[n+]2C)c1C. The van der Waals surface area contributed by atoms with E-state index in [4.69, 9.17) is 4.42 Å². The highest BCUT2D eigenvalue weighted by Gasteiger charge is 2.14. The second-order valence-electron chi connectivity index (χ2n) is 3.60. The van der Waals surface area contributed by atoms with Crippen molar-refractivity contribution in [1.29, 1.82) is 0 Å². The number of benzene rings is 1. The molecule has 1 aromatic heterocycles. The van der Waals surface area contributed by atoms with Gasteiger partial charge in [-0.05, 0) is 31.0 Å². The molecule has 0 bridgehead atoms. The van der Waals surface area contributed by atoms with Gasteiger partial charge in [0.25, 0.3) is 5.69 Å². The van der Waals surface area contributed by atoms with Gasteiger partial charge in [-0.3, -0.25) is 0 Å². The van der Waals surface area contributed by atoms with Crippen molar-refractivity contribution in [2.75, 3.05) is 0 Å². The van der Waals surface area contributed by atoms with E-state index in [2.05, 4.69) is 32.0 Å². The minimum atomic E-state index is 1.12. The fourth-order valence-electron chi connectivity index (χ4n) is 1.61. The van der Waals surface area contributed by atoms with Gasteiger partial charge < -0.3 is 4.42 Å². The summed E-state index contributed by atoms with van der Waals surface area (Å²) in [6.45, 7) is 4.26. The van der Waals surface area contributed by atoms with Crippen LogP contribution in [0.5, 0.6) is 0 Å². The quantitative estimate of drug-likeness (QED) is 0.628. The monoisotopic (exact) mass is 188 g/mol. The number of nitrogens with zero attached hydrogens (tertiary/aromatic N) is 1. The Morgan fingerprint density at radius 3 is 2.64 bits per heavy atom. The summed E-state index contributed by atoms with van der Waals surface area (Å²) < 4.78 is 7.15. The predicted molar refractivity (Wildman–Crippen MR) is 54.8 cm³/mol. The van der Waals surface area contributed by atoms with Crippen LogP contribution in [0.15, 0.2) is 35.3 Å². The Morgan fingerprint density at radius 1 is 1.21 bits per heavy atom. The summed E-state index contributed by atoms with van der Waals surface area (Å²) in [6.07, 6.45) is 3.48. The number of aromatic nitrogens is 1. The van der Waals surface area contributed by atoms with Crippen molar-refractivity contribution in [3.05, 3.63) is 42.0 Å². The first-order valence-electron chi connectivity index (χ1n) is 4.68. The molecule has 0 spiro atoms. The first kappa shape index (κ1) is 9.00. The van der Waals surface area contributed by atoms with Gasteiger partial charge in [-0.15, -0.1) is 0 Å². The van der Waals surface area contributed by atoms with Crippen LogP contribution in [-0.4, -0.2) is 0 Å². The molecule has 0 N–H and O–H groups in total. The Kier molecular flexibility index (Phi) is 2.12. The molecule has 2 heteroatoms. The lowest BCUT2D eigenvalue weighted by Crippen LogP contribution is -2.27. The van der Waals surface area contributed by atoms with E-state index in [9.17, 15) is 0 Å². The molecular formula is C12H14NO+. The lowest BCUT2D eigenvalue weighted by atomic mass is 10.0. The Balaban J connectivity index is 2.63. The highest BCUT2D eigenvalue weighted by atomic mass is 16.3. The molecule has 2 aromatic rings. The Hall–Kier alpha value is -1.57. The van der Waals surface area contributed by atoms with Crippen LogP contribution in [0, 0.1) is 13.8 Å². The molecule has 72 valence electrons. The molecule has 0 radical (unpaired) electrons. The summed E-state index contributed by atoms with van der Waals surface area (Å²) in [5.41, 5.74) is 4.97. The molecule has 0 aliphatic rings. The zero-order valence-electron chi connectivity index (χ0n) is 8.74. The maximum Gasteiger partial charge on any atom is 0.334 e. The van der Waals surface area contributed by atoms with Gasteiger partial charge in [0.1, 0.15) is 7.05 Å². The molecule has 0 unspecified atom stereocenters. The van der Waals surface area contributed by atoms with Crippen LogP contribution in [-0.2, 0) is 7.05 Å². The van der Waals surface area contributed by atoms with Crippen LogP contribution >= 0.6 is 0 Å². The molecule has 0 saturated heterocycles. The molecular weight excluding hydrogens is 174 g/mol. The second-order valence-corrected chi connectivity index (χ2v) is 3.60. The van der Waals surface area contributed by atoms with Crippen molar-refractivity contribution < 1.29 is 8.98 Å². The van der Waals surface area contributed by atoms with Crippen LogP contribution in [0.4, 0.5) is 0 Å². The molecule has 0 aliphatic carbocycles. The zero-order chi connectivity index (χ0) is 10.1. The highest BCUT2D eigenvalue weighted by molar-refractivity contribution is 5.61. The van der Waals surface area contributed by atoms with Crippen LogP contribution in [0.2, 0.25) is 0 Å². The Bertz CT molecular complexity index is 457. The van der Waals surface area contributed by atoms with E-state index in [-0.39, 0.29) is 0 Å². The van der Waals surface area contributed by atoms with Gasteiger partial charge in [0.2, 0.25) is 0 Å². The van der Waals surface area contributed by atoms with E-state index in [0.29, 0.717) is 0 Å². The average molecular weight is 188 g/mol. The van der Waals surface area contributed by atoms with Gasteiger partial charge in [-0.25, -0.2) is 0 Å². The zero-order valence-corrected chi connectivity index (χ0v) is 8.74. The first-order valence-corrected chi connectivity index (χ1v) is 4.68. The fraction of sp³-hybridized carbons (Fsp3) is 0.250. The normalized spacial score (nSPS) is 10.5. The largest absolute Gasteiger partial charge is 0.412 e. The molecule has 14 heavy (non-hydrogen) atoms. The van der Waals surface area contributed by atoms with E-state index in [1.54, 1.807) is 12.7 Å². The van der Waals surface area contributed by atoms with E-state index in [1.165, 1.54) is 16.7 Å². The van der Waals surface area contributed by atoms with Crippen LogP contribution in [0.25, 0.3) is 11.3 Å². The maximum absolute atomic E-state index is 5.16. The number of hydrogen-bond acceptors (Lipinski definition) is 1. The van der Waals surface area contributed by atoms with Gasteiger partial charge >= 0.3 is 6.39 Å². The van der Waals surface area contributed by atoms with Gasteiger partial charge in [0.05, 0.1) is 5.56 Å². The highest BCUT2D eigenvalue weighted by Crippen LogP contribution is 2.22. The second kappa shape index (κ2) is 3.29. The molecule has 0 amide bonds. The predicted octanol–water partition coefficient (Wildman–Crippen LogP) is 2.39. The number of rotatable bonds is 1. The van der Waals surface area contributed by atoms with Gasteiger partial charge in [-0.1, -0.05) is 12.1 Å². The van der Waals surface area contributed by atoms with Crippen molar-refractivity contribution in [1.82, 2.24) is 0 Å². The van der Waals surface area contributed by atoms with Crippen molar-refractivity contribution in [2.24, 2.45) is 7.05 Å². The lowest BCUT2D eigenvalue weighted by Gasteiger charge is -2.03. The van der Waals surface area contributed by atoms with Crippen molar-refractivity contribution in [3.63, 3.8) is 0 Å².